The maximum Gasteiger partial charge on any atom is 0.410 e. The number of carbonyl (C=O) groups is 1. The van der Waals surface area contributed by atoms with Gasteiger partial charge in [-0.1, -0.05) is 36.4 Å². The second-order valence-corrected chi connectivity index (χ2v) is 7.60. The lowest BCUT2D eigenvalue weighted by Crippen LogP contribution is -2.51. The first-order valence-electron chi connectivity index (χ1n) is 9.11. The van der Waals surface area contributed by atoms with E-state index in [2.05, 4.69) is 40.2 Å². The fraction of sp³-hybridized carbons (Fsp3) is 0.429. The van der Waals surface area contributed by atoms with Gasteiger partial charge < -0.3 is 9.64 Å². The van der Waals surface area contributed by atoms with E-state index in [1.807, 2.05) is 39.1 Å². The zero-order chi connectivity index (χ0) is 18.6. The molecule has 26 heavy (non-hydrogen) atoms. The van der Waals surface area contributed by atoms with E-state index < -0.39 is 5.60 Å². The summed E-state index contributed by atoms with van der Waals surface area (Å²) in [5.74, 6) is 0. The molecule has 1 unspecified atom stereocenters. The zero-order valence-electron chi connectivity index (χ0n) is 15.8. The Morgan fingerprint density at radius 2 is 1.65 bits per heavy atom. The number of nitrogens with zero attached hydrogens (tertiary/aromatic N) is 3. The van der Waals surface area contributed by atoms with Crippen molar-refractivity contribution in [3.63, 3.8) is 0 Å². The van der Waals surface area contributed by atoms with E-state index in [0.717, 1.165) is 13.1 Å². The highest BCUT2D eigenvalue weighted by Gasteiger charge is 2.30. The van der Waals surface area contributed by atoms with Crippen LogP contribution >= 0.6 is 0 Å². The summed E-state index contributed by atoms with van der Waals surface area (Å²) in [5.41, 5.74) is 1.95. The van der Waals surface area contributed by atoms with Crippen LogP contribution in [0, 0.1) is 0 Å². The Bertz CT molecular complexity index is 666. The van der Waals surface area contributed by atoms with E-state index >= 15 is 0 Å². The van der Waals surface area contributed by atoms with Gasteiger partial charge in [-0.15, -0.1) is 0 Å². The molecule has 138 valence electrons. The van der Waals surface area contributed by atoms with Crippen LogP contribution in [0.4, 0.5) is 4.79 Å². The van der Waals surface area contributed by atoms with Crippen molar-refractivity contribution in [2.75, 3.05) is 26.2 Å². The Kier molecular flexibility index (Phi) is 5.57. The van der Waals surface area contributed by atoms with Crippen LogP contribution in [0.5, 0.6) is 0 Å². The predicted octanol–water partition coefficient (Wildman–Crippen LogP) is 3.72. The fourth-order valence-corrected chi connectivity index (χ4v) is 3.28. The molecule has 1 amide bonds. The summed E-state index contributed by atoms with van der Waals surface area (Å²) in [5, 5.41) is 0. The van der Waals surface area contributed by atoms with Gasteiger partial charge >= 0.3 is 6.09 Å². The molecular weight excluding hydrogens is 326 g/mol. The minimum Gasteiger partial charge on any atom is -0.444 e. The lowest BCUT2D eigenvalue weighted by molar-refractivity contribution is 0.0119. The third-order valence-electron chi connectivity index (χ3n) is 4.45. The fourth-order valence-electron chi connectivity index (χ4n) is 3.28. The Labute approximate surface area is 155 Å². The molecule has 1 aromatic heterocycles. The van der Waals surface area contributed by atoms with Gasteiger partial charge in [0.15, 0.2) is 0 Å². The van der Waals surface area contributed by atoms with Crippen molar-refractivity contribution >= 4 is 6.09 Å². The standard InChI is InChI=1S/C21H27N3O2/c1-21(2,3)26-20(25)24-14-12-23(13-15-24)19(17-8-5-4-6-9-17)18-10-7-11-22-16-18/h4-11,16,19H,12-15H2,1-3H3. The Balaban J connectivity index is 1.73. The summed E-state index contributed by atoms with van der Waals surface area (Å²) < 4.78 is 5.50. The number of benzene rings is 1. The summed E-state index contributed by atoms with van der Waals surface area (Å²) in [7, 11) is 0. The summed E-state index contributed by atoms with van der Waals surface area (Å²) in [6, 6.07) is 14.7. The largest absolute Gasteiger partial charge is 0.444 e. The zero-order valence-corrected chi connectivity index (χ0v) is 15.8. The molecule has 1 aromatic carbocycles. The van der Waals surface area contributed by atoms with E-state index in [-0.39, 0.29) is 12.1 Å². The van der Waals surface area contributed by atoms with Crippen molar-refractivity contribution in [2.45, 2.75) is 32.4 Å². The number of hydrogen-bond acceptors (Lipinski definition) is 4. The van der Waals surface area contributed by atoms with Crippen LogP contribution in [0.2, 0.25) is 0 Å². The molecule has 5 heteroatoms. The Morgan fingerprint density at radius 1 is 1.00 bits per heavy atom. The molecule has 1 saturated heterocycles. The predicted molar refractivity (Wildman–Crippen MR) is 102 cm³/mol. The Hall–Kier alpha value is -2.40. The monoisotopic (exact) mass is 353 g/mol. The van der Waals surface area contributed by atoms with Crippen LogP contribution in [-0.2, 0) is 4.74 Å². The molecule has 0 saturated carbocycles. The molecule has 0 N–H and O–H groups in total. The van der Waals surface area contributed by atoms with Crippen LogP contribution in [-0.4, -0.2) is 52.7 Å². The molecule has 3 rings (SSSR count). The number of rotatable bonds is 3. The van der Waals surface area contributed by atoms with Gasteiger partial charge in [-0.3, -0.25) is 9.88 Å². The van der Waals surface area contributed by atoms with Crippen LogP contribution in [0.1, 0.15) is 37.9 Å². The molecule has 1 fully saturated rings. The quantitative estimate of drug-likeness (QED) is 0.844. The summed E-state index contributed by atoms with van der Waals surface area (Å²) in [6.07, 6.45) is 3.50. The van der Waals surface area contributed by atoms with Gasteiger partial charge in [-0.05, 0) is 38.0 Å². The average Bonchev–Trinajstić information content (AvgIpc) is 2.63. The molecule has 0 aliphatic carbocycles. The second-order valence-electron chi connectivity index (χ2n) is 7.60. The highest BCUT2D eigenvalue weighted by atomic mass is 16.6. The van der Waals surface area contributed by atoms with Crippen LogP contribution in [0.3, 0.4) is 0 Å². The third kappa shape index (κ3) is 4.61. The van der Waals surface area contributed by atoms with Crippen molar-refractivity contribution in [2.24, 2.45) is 0 Å². The number of ether oxygens (including phenoxy) is 1. The van der Waals surface area contributed by atoms with Crippen molar-refractivity contribution in [1.29, 1.82) is 0 Å². The van der Waals surface area contributed by atoms with Gasteiger partial charge in [0.25, 0.3) is 0 Å². The number of aromatic nitrogens is 1. The molecule has 1 aliphatic rings. The van der Waals surface area contributed by atoms with E-state index in [1.54, 1.807) is 11.1 Å². The number of amides is 1. The van der Waals surface area contributed by atoms with Gasteiger partial charge in [0.2, 0.25) is 0 Å². The molecule has 0 bridgehead atoms. The second kappa shape index (κ2) is 7.87. The minimum atomic E-state index is -0.462. The van der Waals surface area contributed by atoms with E-state index in [1.165, 1.54) is 11.1 Å². The van der Waals surface area contributed by atoms with Crippen molar-refractivity contribution < 1.29 is 9.53 Å². The first kappa shape index (κ1) is 18.4. The topological polar surface area (TPSA) is 45.7 Å². The Morgan fingerprint density at radius 3 is 2.23 bits per heavy atom. The normalized spacial score (nSPS) is 17.0. The number of carbonyl (C=O) groups excluding carboxylic acids is 1. The van der Waals surface area contributed by atoms with Crippen LogP contribution < -0.4 is 0 Å². The van der Waals surface area contributed by atoms with E-state index in [4.69, 9.17) is 4.74 Å². The van der Waals surface area contributed by atoms with Crippen molar-refractivity contribution in [3.05, 3.63) is 66.0 Å². The molecular formula is C21H27N3O2. The van der Waals surface area contributed by atoms with Gasteiger partial charge in [0.05, 0.1) is 6.04 Å². The molecule has 2 heterocycles. The summed E-state index contributed by atoms with van der Waals surface area (Å²) in [6.45, 7) is 8.62. The van der Waals surface area contributed by atoms with Crippen LogP contribution in [0.25, 0.3) is 0 Å². The highest BCUT2D eigenvalue weighted by Crippen LogP contribution is 2.29. The van der Waals surface area contributed by atoms with E-state index in [0.29, 0.717) is 13.1 Å². The SMILES string of the molecule is CC(C)(C)OC(=O)N1CCN(C(c2ccccc2)c2cccnc2)CC1. The molecule has 1 aliphatic heterocycles. The summed E-state index contributed by atoms with van der Waals surface area (Å²) >= 11 is 0. The van der Waals surface area contributed by atoms with E-state index in [9.17, 15) is 4.79 Å². The van der Waals surface area contributed by atoms with Crippen molar-refractivity contribution in [3.8, 4) is 0 Å². The van der Waals surface area contributed by atoms with Crippen molar-refractivity contribution in [1.82, 2.24) is 14.8 Å². The van der Waals surface area contributed by atoms with Gasteiger partial charge in [0, 0.05) is 38.6 Å². The maximum atomic E-state index is 12.3. The van der Waals surface area contributed by atoms with Crippen LogP contribution in [0.15, 0.2) is 54.9 Å². The third-order valence-corrected chi connectivity index (χ3v) is 4.45. The number of hydrogen-bond donors (Lipinski definition) is 0. The lowest BCUT2D eigenvalue weighted by atomic mass is 9.98. The molecule has 0 radical (unpaired) electrons. The first-order valence-corrected chi connectivity index (χ1v) is 9.11. The highest BCUT2D eigenvalue weighted by molar-refractivity contribution is 5.68. The molecule has 1 atom stereocenters. The first-order chi connectivity index (χ1) is 12.4. The maximum absolute atomic E-state index is 12.3. The molecule has 0 spiro atoms. The smallest absolute Gasteiger partial charge is 0.410 e. The minimum absolute atomic E-state index is 0.144. The van der Waals surface area contributed by atoms with Gasteiger partial charge in [-0.25, -0.2) is 4.79 Å². The number of pyridine rings is 1. The summed E-state index contributed by atoms with van der Waals surface area (Å²) in [4.78, 5) is 20.8. The van der Waals surface area contributed by atoms with Gasteiger partial charge in [-0.2, -0.15) is 0 Å². The lowest BCUT2D eigenvalue weighted by Gasteiger charge is -2.39. The average molecular weight is 353 g/mol. The number of piperazine rings is 1. The molecule has 5 nitrogen and oxygen atoms in total. The molecule has 2 aromatic rings. The van der Waals surface area contributed by atoms with Gasteiger partial charge in [0.1, 0.15) is 5.60 Å².